The number of imidazole rings is 1. The van der Waals surface area contributed by atoms with Crippen LogP contribution in [0.2, 0.25) is 0 Å². The Labute approximate surface area is 189 Å². The number of nitrogens with one attached hydrogen (secondary N) is 1. The Morgan fingerprint density at radius 1 is 1.16 bits per heavy atom. The van der Waals surface area contributed by atoms with E-state index < -0.39 is 11.9 Å². The Morgan fingerprint density at radius 3 is 2.47 bits per heavy atom. The summed E-state index contributed by atoms with van der Waals surface area (Å²) >= 11 is 0. The van der Waals surface area contributed by atoms with Crippen molar-refractivity contribution < 1.29 is 14.3 Å². The van der Waals surface area contributed by atoms with Crippen molar-refractivity contribution >= 4 is 16.9 Å². The predicted octanol–water partition coefficient (Wildman–Crippen LogP) is 4.13. The highest BCUT2D eigenvalue weighted by Crippen LogP contribution is 2.29. The minimum atomic E-state index is -0.440. The van der Waals surface area contributed by atoms with E-state index in [1.807, 2.05) is 37.3 Å². The monoisotopic (exact) mass is 438 g/mol. The predicted molar refractivity (Wildman–Crippen MR) is 127 cm³/mol. The van der Waals surface area contributed by atoms with Crippen LogP contribution in [0.4, 0.5) is 0 Å². The van der Waals surface area contributed by atoms with Gasteiger partial charge in [0.05, 0.1) is 30.2 Å². The third-order valence-electron chi connectivity index (χ3n) is 5.41. The molecule has 1 heterocycles. The lowest BCUT2D eigenvalue weighted by Gasteiger charge is -2.19. The fourth-order valence-corrected chi connectivity index (χ4v) is 3.40. The number of benzene rings is 2. The number of nitrogens with two attached hydrogens (primary N) is 1. The molecular formula is C25H34N4O3. The van der Waals surface area contributed by atoms with Crippen LogP contribution in [0.25, 0.3) is 11.0 Å². The molecule has 1 atom stereocenters. The molecule has 1 amide bonds. The van der Waals surface area contributed by atoms with Crippen molar-refractivity contribution in [3.63, 3.8) is 0 Å². The van der Waals surface area contributed by atoms with Crippen molar-refractivity contribution in [2.75, 3.05) is 13.2 Å². The van der Waals surface area contributed by atoms with Crippen molar-refractivity contribution in [1.29, 1.82) is 0 Å². The minimum absolute atomic E-state index is 0.0982. The van der Waals surface area contributed by atoms with Gasteiger partial charge in [-0.2, -0.15) is 0 Å². The number of aromatic nitrogens is 2. The number of rotatable bonds is 10. The van der Waals surface area contributed by atoms with Crippen molar-refractivity contribution in [2.45, 2.75) is 59.2 Å². The molecule has 0 aliphatic heterocycles. The first-order valence-electron chi connectivity index (χ1n) is 11.1. The number of fused-ring (bicyclic) bond motifs is 1. The minimum Gasteiger partial charge on any atom is -0.457 e. The Hall–Kier alpha value is -2.90. The number of nitrogens with zero attached hydrogens (tertiary/aromatic N) is 2. The maximum atomic E-state index is 11.4. The summed E-state index contributed by atoms with van der Waals surface area (Å²) in [6.07, 6.45) is 0. The van der Waals surface area contributed by atoms with Crippen LogP contribution in [-0.2, 0) is 28.0 Å². The molecule has 1 aromatic heterocycles. The lowest BCUT2D eigenvalue weighted by atomic mass is 9.87. The highest BCUT2D eigenvalue weighted by molar-refractivity contribution is 5.79. The third-order valence-corrected chi connectivity index (χ3v) is 5.41. The van der Waals surface area contributed by atoms with Crippen LogP contribution in [-0.4, -0.2) is 34.7 Å². The van der Waals surface area contributed by atoms with Crippen molar-refractivity contribution in [2.24, 2.45) is 5.73 Å². The summed E-state index contributed by atoms with van der Waals surface area (Å²) in [5, 5.41) is 3.13. The van der Waals surface area contributed by atoms with Gasteiger partial charge in [-0.1, -0.05) is 32.9 Å². The van der Waals surface area contributed by atoms with Crippen molar-refractivity contribution in [3.05, 3.63) is 53.9 Å². The summed E-state index contributed by atoms with van der Waals surface area (Å²) < 4.78 is 13.8. The molecule has 7 heteroatoms. The van der Waals surface area contributed by atoms with Gasteiger partial charge in [-0.25, -0.2) is 4.98 Å². The SMILES string of the molecule is CCOCCn1c(CN[C@@H](C)C(N)=O)nc2ccc(Oc3ccc(C(C)(C)C)cc3)cc21. The first-order chi connectivity index (χ1) is 15.2. The van der Waals surface area contributed by atoms with Gasteiger partial charge in [0.25, 0.3) is 0 Å². The summed E-state index contributed by atoms with van der Waals surface area (Å²) in [4.78, 5) is 16.1. The van der Waals surface area contributed by atoms with Gasteiger partial charge in [-0.05, 0) is 49.1 Å². The van der Waals surface area contributed by atoms with Crippen LogP contribution in [0.5, 0.6) is 11.5 Å². The zero-order chi connectivity index (χ0) is 23.3. The first-order valence-corrected chi connectivity index (χ1v) is 11.1. The molecule has 0 bridgehead atoms. The molecule has 0 saturated heterocycles. The Morgan fingerprint density at radius 2 is 1.84 bits per heavy atom. The largest absolute Gasteiger partial charge is 0.457 e. The lowest BCUT2D eigenvalue weighted by Crippen LogP contribution is -2.38. The van der Waals surface area contributed by atoms with Crippen LogP contribution in [0.15, 0.2) is 42.5 Å². The van der Waals surface area contributed by atoms with Crippen molar-refractivity contribution in [3.8, 4) is 11.5 Å². The topological polar surface area (TPSA) is 91.4 Å². The van der Waals surface area contributed by atoms with E-state index in [-0.39, 0.29) is 5.41 Å². The summed E-state index contributed by atoms with van der Waals surface area (Å²) in [6.45, 7) is 12.6. The normalized spacial score (nSPS) is 12.8. The van der Waals surface area contributed by atoms with Crippen molar-refractivity contribution in [1.82, 2.24) is 14.9 Å². The molecule has 32 heavy (non-hydrogen) atoms. The van der Waals surface area contributed by atoms with Gasteiger partial charge in [-0.3, -0.25) is 10.1 Å². The van der Waals surface area contributed by atoms with E-state index >= 15 is 0 Å². The van der Waals surface area contributed by atoms with E-state index in [1.54, 1.807) is 6.92 Å². The van der Waals surface area contributed by atoms with E-state index in [9.17, 15) is 4.79 Å². The zero-order valence-electron chi connectivity index (χ0n) is 19.6. The van der Waals surface area contributed by atoms with E-state index in [2.05, 4.69) is 42.8 Å². The van der Waals surface area contributed by atoms with Crippen LogP contribution in [0.1, 0.15) is 46.0 Å². The number of carbonyl (C=O) groups excluding carboxylic acids is 1. The van der Waals surface area contributed by atoms with Gasteiger partial charge in [0.2, 0.25) is 5.91 Å². The molecule has 7 nitrogen and oxygen atoms in total. The van der Waals surface area contributed by atoms with E-state index in [1.165, 1.54) is 5.56 Å². The number of carbonyl (C=O) groups is 1. The molecular weight excluding hydrogens is 404 g/mol. The summed E-state index contributed by atoms with van der Waals surface area (Å²) in [5.74, 6) is 1.95. The Balaban J connectivity index is 1.86. The van der Waals surface area contributed by atoms with E-state index in [0.717, 1.165) is 28.4 Å². The first kappa shape index (κ1) is 23.8. The van der Waals surface area contributed by atoms with E-state index in [4.69, 9.17) is 20.2 Å². The van der Waals surface area contributed by atoms with Gasteiger partial charge >= 0.3 is 0 Å². The number of primary amides is 1. The fraction of sp³-hybridized carbons (Fsp3) is 0.440. The van der Waals surface area contributed by atoms with E-state index in [0.29, 0.717) is 26.3 Å². The molecule has 3 N–H and O–H groups in total. The maximum absolute atomic E-state index is 11.4. The molecule has 3 aromatic rings. The lowest BCUT2D eigenvalue weighted by molar-refractivity contribution is -0.119. The molecule has 172 valence electrons. The summed E-state index contributed by atoms with van der Waals surface area (Å²) in [6, 6.07) is 13.6. The third kappa shape index (κ3) is 5.87. The zero-order valence-corrected chi connectivity index (χ0v) is 19.6. The molecule has 0 aliphatic carbocycles. The fourth-order valence-electron chi connectivity index (χ4n) is 3.40. The second-order valence-corrected chi connectivity index (χ2v) is 8.91. The Kier molecular flexibility index (Phi) is 7.53. The van der Waals surface area contributed by atoms with Crippen LogP contribution in [0, 0.1) is 0 Å². The number of amides is 1. The molecule has 0 aliphatic rings. The molecule has 2 aromatic carbocycles. The smallest absolute Gasteiger partial charge is 0.234 e. The average Bonchev–Trinajstić information content (AvgIpc) is 3.08. The summed E-state index contributed by atoms with van der Waals surface area (Å²) in [7, 11) is 0. The second kappa shape index (κ2) is 10.1. The number of hydrogen-bond donors (Lipinski definition) is 2. The van der Waals surface area contributed by atoms with Gasteiger partial charge in [0, 0.05) is 19.2 Å². The Bertz CT molecular complexity index is 1050. The van der Waals surface area contributed by atoms with Gasteiger partial charge in [-0.15, -0.1) is 0 Å². The van der Waals surface area contributed by atoms with Gasteiger partial charge in [0.1, 0.15) is 17.3 Å². The van der Waals surface area contributed by atoms with Gasteiger partial charge < -0.3 is 19.8 Å². The highest BCUT2D eigenvalue weighted by Gasteiger charge is 2.16. The summed E-state index contributed by atoms with van der Waals surface area (Å²) in [5.41, 5.74) is 8.55. The molecule has 0 unspecified atom stereocenters. The standard InChI is InChI=1S/C25H34N4O3/c1-6-31-14-13-29-22-15-20(32-19-9-7-18(8-10-19)25(3,4)5)11-12-21(22)28-23(29)16-27-17(2)24(26)30/h7-12,15,17,27H,6,13-14,16H2,1-5H3,(H2,26,30)/t17-/m0/s1. The van der Waals surface area contributed by atoms with Crippen LogP contribution < -0.4 is 15.8 Å². The molecule has 0 saturated carbocycles. The molecule has 0 radical (unpaired) electrons. The van der Waals surface area contributed by atoms with Crippen LogP contribution >= 0.6 is 0 Å². The quantitative estimate of drug-likeness (QED) is 0.465. The maximum Gasteiger partial charge on any atom is 0.234 e. The molecule has 0 fully saturated rings. The molecule has 0 spiro atoms. The average molecular weight is 439 g/mol. The highest BCUT2D eigenvalue weighted by atomic mass is 16.5. The van der Waals surface area contributed by atoms with Gasteiger partial charge in [0.15, 0.2) is 0 Å². The second-order valence-electron chi connectivity index (χ2n) is 8.91. The van der Waals surface area contributed by atoms with Crippen LogP contribution in [0.3, 0.4) is 0 Å². The number of hydrogen-bond acceptors (Lipinski definition) is 5. The number of ether oxygens (including phenoxy) is 2. The molecule has 3 rings (SSSR count).